The molecule has 1 aliphatic heterocycles. The number of para-hydroxylation sites is 1. The lowest BCUT2D eigenvalue weighted by atomic mass is 9.90. The van der Waals surface area contributed by atoms with Crippen molar-refractivity contribution in [2.24, 2.45) is 0 Å². The largest absolute Gasteiger partial charge is 0.385 e. The van der Waals surface area contributed by atoms with E-state index in [-0.39, 0.29) is 0 Å². The van der Waals surface area contributed by atoms with Crippen LogP contribution < -0.4 is 5.32 Å². The molecule has 1 aromatic rings. The lowest BCUT2D eigenvalue weighted by Crippen LogP contribution is -2.40. The summed E-state index contributed by atoms with van der Waals surface area (Å²) in [4.78, 5) is 2.52. The zero-order valence-electron chi connectivity index (χ0n) is 12.4. The third-order valence-corrected chi connectivity index (χ3v) is 4.10. The minimum absolute atomic E-state index is 0.483. The Kier molecular flexibility index (Phi) is 5.23. The van der Waals surface area contributed by atoms with Gasteiger partial charge in [0.15, 0.2) is 0 Å². The maximum atomic E-state index is 5.29. The maximum Gasteiger partial charge on any atom is 0.0615 e. The summed E-state index contributed by atoms with van der Waals surface area (Å²) in [5.74, 6) is 0.636. The second-order valence-corrected chi connectivity index (χ2v) is 5.39. The first kappa shape index (κ1) is 14.4. The summed E-state index contributed by atoms with van der Waals surface area (Å²) in [6.45, 7) is 8.58. The van der Waals surface area contributed by atoms with Gasteiger partial charge in [0, 0.05) is 37.8 Å². The quantitative estimate of drug-likeness (QED) is 0.853. The Balaban J connectivity index is 2.06. The number of hydrogen-bond donors (Lipinski definition) is 1. The molecule has 1 N–H and O–H groups in total. The summed E-state index contributed by atoms with van der Waals surface area (Å²) in [6, 6.07) is 9.20. The Hall–Kier alpha value is -1.06. The van der Waals surface area contributed by atoms with Gasteiger partial charge in [0.05, 0.1) is 6.61 Å². The Bertz CT molecular complexity index is 394. The predicted octanol–water partition coefficient (Wildman–Crippen LogP) is 2.94. The highest BCUT2D eigenvalue weighted by atomic mass is 16.5. The molecule has 0 saturated heterocycles. The summed E-state index contributed by atoms with van der Waals surface area (Å²) in [7, 11) is 1.78. The van der Waals surface area contributed by atoms with Crippen molar-refractivity contribution in [3.05, 3.63) is 29.8 Å². The SMILES string of the molecule is CCN(CC1CCNc2ccccc21)C(C)COC. The summed E-state index contributed by atoms with van der Waals surface area (Å²) >= 11 is 0. The Morgan fingerprint density at radius 3 is 2.95 bits per heavy atom. The number of rotatable bonds is 6. The average molecular weight is 262 g/mol. The van der Waals surface area contributed by atoms with Gasteiger partial charge < -0.3 is 10.1 Å². The number of ether oxygens (including phenoxy) is 1. The van der Waals surface area contributed by atoms with E-state index in [2.05, 4.69) is 48.3 Å². The molecule has 0 saturated carbocycles. The molecule has 1 aliphatic rings. The molecule has 0 spiro atoms. The van der Waals surface area contributed by atoms with Crippen molar-refractivity contribution in [1.29, 1.82) is 0 Å². The number of likely N-dealkylation sites (N-methyl/N-ethyl adjacent to an activating group) is 1. The van der Waals surface area contributed by atoms with Crippen LogP contribution in [-0.2, 0) is 4.74 Å². The van der Waals surface area contributed by atoms with Gasteiger partial charge in [0.2, 0.25) is 0 Å². The van der Waals surface area contributed by atoms with Crippen LogP contribution in [0.2, 0.25) is 0 Å². The first-order valence-electron chi connectivity index (χ1n) is 7.32. The van der Waals surface area contributed by atoms with Crippen LogP contribution in [0.4, 0.5) is 5.69 Å². The van der Waals surface area contributed by atoms with Crippen LogP contribution in [0, 0.1) is 0 Å². The molecule has 0 aliphatic carbocycles. The van der Waals surface area contributed by atoms with Gasteiger partial charge in [-0.05, 0) is 31.5 Å². The minimum atomic E-state index is 0.483. The molecule has 2 unspecified atom stereocenters. The predicted molar refractivity (Wildman–Crippen MR) is 80.9 cm³/mol. The van der Waals surface area contributed by atoms with E-state index in [1.165, 1.54) is 17.7 Å². The highest BCUT2D eigenvalue weighted by Gasteiger charge is 2.23. The van der Waals surface area contributed by atoms with Crippen LogP contribution in [0.25, 0.3) is 0 Å². The summed E-state index contributed by atoms with van der Waals surface area (Å²) in [5, 5.41) is 3.50. The fraction of sp³-hybridized carbons (Fsp3) is 0.625. The first-order valence-corrected chi connectivity index (χ1v) is 7.32. The number of anilines is 1. The lowest BCUT2D eigenvalue weighted by Gasteiger charge is -2.34. The van der Waals surface area contributed by atoms with Gasteiger partial charge in [0.25, 0.3) is 0 Å². The Labute approximate surface area is 116 Å². The number of nitrogens with zero attached hydrogens (tertiary/aromatic N) is 1. The molecule has 0 radical (unpaired) electrons. The van der Waals surface area contributed by atoms with Crippen molar-refractivity contribution in [2.75, 3.05) is 38.7 Å². The monoisotopic (exact) mass is 262 g/mol. The Morgan fingerprint density at radius 1 is 1.42 bits per heavy atom. The van der Waals surface area contributed by atoms with Gasteiger partial charge in [0.1, 0.15) is 0 Å². The number of benzene rings is 1. The molecule has 0 fully saturated rings. The molecule has 1 aromatic carbocycles. The van der Waals surface area contributed by atoms with E-state index in [1.54, 1.807) is 7.11 Å². The summed E-state index contributed by atoms with van der Waals surface area (Å²) < 4.78 is 5.29. The van der Waals surface area contributed by atoms with E-state index < -0.39 is 0 Å². The van der Waals surface area contributed by atoms with E-state index in [0.29, 0.717) is 12.0 Å². The summed E-state index contributed by atoms with van der Waals surface area (Å²) in [5.41, 5.74) is 2.78. The van der Waals surface area contributed by atoms with Gasteiger partial charge in [-0.15, -0.1) is 0 Å². The van der Waals surface area contributed by atoms with Crippen LogP contribution in [-0.4, -0.2) is 44.3 Å². The topological polar surface area (TPSA) is 24.5 Å². The average Bonchev–Trinajstić information content (AvgIpc) is 2.45. The molecular weight excluding hydrogens is 236 g/mol. The molecule has 2 atom stereocenters. The van der Waals surface area contributed by atoms with E-state index in [1.807, 2.05) is 0 Å². The third kappa shape index (κ3) is 3.48. The minimum Gasteiger partial charge on any atom is -0.385 e. The van der Waals surface area contributed by atoms with Crippen molar-refractivity contribution < 1.29 is 4.74 Å². The highest BCUT2D eigenvalue weighted by Crippen LogP contribution is 2.32. The number of fused-ring (bicyclic) bond motifs is 1. The van der Waals surface area contributed by atoms with Crippen LogP contribution >= 0.6 is 0 Å². The van der Waals surface area contributed by atoms with Gasteiger partial charge in [-0.1, -0.05) is 25.1 Å². The van der Waals surface area contributed by atoms with Crippen LogP contribution in [0.3, 0.4) is 0 Å². The number of nitrogens with one attached hydrogen (secondary N) is 1. The van der Waals surface area contributed by atoms with Gasteiger partial charge in [-0.3, -0.25) is 4.90 Å². The van der Waals surface area contributed by atoms with Crippen molar-refractivity contribution in [3.63, 3.8) is 0 Å². The normalized spacial score (nSPS) is 19.9. The molecule has 19 heavy (non-hydrogen) atoms. The lowest BCUT2D eigenvalue weighted by molar-refractivity contribution is 0.0976. The molecular formula is C16H26N2O. The van der Waals surface area contributed by atoms with Crippen LogP contribution in [0.15, 0.2) is 24.3 Å². The van der Waals surface area contributed by atoms with Gasteiger partial charge >= 0.3 is 0 Å². The fourth-order valence-corrected chi connectivity index (χ4v) is 2.99. The molecule has 3 nitrogen and oxygen atoms in total. The first-order chi connectivity index (χ1) is 9.26. The van der Waals surface area contributed by atoms with Crippen molar-refractivity contribution >= 4 is 5.69 Å². The molecule has 106 valence electrons. The highest BCUT2D eigenvalue weighted by molar-refractivity contribution is 5.54. The molecule has 0 aromatic heterocycles. The van der Waals surface area contributed by atoms with Crippen molar-refractivity contribution in [1.82, 2.24) is 4.90 Å². The number of methoxy groups -OCH3 is 1. The maximum absolute atomic E-state index is 5.29. The molecule has 2 rings (SSSR count). The Morgan fingerprint density at radius 2 is 2.21 bits per heavy atom. The standard InChI is InChI=1S/C16H26N2O/c1-4-18(13(2)12-19-3)11-14-9-10-17-16-8-6-5-7-15(14)16/h5-8,13-14,17H,4,9-12H2,1-3H3. The second kappa shape index (κ2) is 6.92. The van der Waals surface area contributed by atoms with E-state index in [4.69, 9.17) is 4.74 Å². The molecule has 0 amide bonds. The van der Waals surface area contributed by atoms with Crippen molar-refractivity contribution in [2.45, 2.75) is 32.2 Å². The molecule has 1 heterocycles. The molecule has 0 bridgehead atoms. The van der Waals surface area contributed by atoms with Gasteiger partial charge in [-0.25, -0.2) is 0 Å². The zero-order chi connectivity index (χ0) is 13.7. The molecule has 3 heteroatoms. The van der Waals surface area contributed by atoms with Crippen LogP contribution in [0.5, 0.6) is 0 Å². The zero-order valence-corrected chi connectivity index (χ0v) is 12.4. The third-order valence-electron chi connectivity index (χ3n) is 4.10. The van der Waals surface area contributed by atoms with E-state index >= 15 is 0 Å². The fourth-order valence-electron chi connectivity index (χ4n) is 2.99. The summed E-state index contributed by atoms with van der Waals surface area (Å²) in [6.07, 6.45) is 1.22. The second-order valence-electron chi connectivity index (χ2n) is 5.39. The van der Waals surface area contributed by atoms with Gasteiger partial charge in [-0.2, -0.15) is 0 Å². The van der Waals surface area contributed by atoms with Crippen LogP contribution in [0.1, 0.15) is 31.7 Å². The van der Waals surface area contributed by atoms with Crippen molar-refractivity contribution in [3.8, 4) is 0 Å². The van der Waals surface area contributed by atoms with E-state index in [9.17, 15) is 0 Å². The number of hydrogen-bond acceptors (Lipinski definition) is 3. The smallest absolute Gasteiger partial charge is 0.0615 e. The van der Waals surface area contributed by atoms with E-state index in [0.717, 1.165) is 26.2 Å².